The molecule has 0 radical (unpaired) electrons. The molecule has 1 aliphatic rings. The van der Waals surface area contributed by atoms with E-state index in [0.717, 1.165) is 18.6 Å². The summed E-state index contributed by atoms with van der Waals surface area (Å²) >= 11 is 0. The Balaban J connectivity index is 2.36. The monoisotopic (exact) mass is 430 g/mol. The van der Waals surface area contributed by atoms with Gasteiger partial charge in [-0.3, -0.25) is 4.79 Å². The molecule has 1 unspecified atom stereocenters. The highest BCUT2D eigenvalue weighted by atomic mass is 19.4. The first-order chi connectivity index (χ1) is 13.9. The van der Waals surface area contributed by atoms with Crippen LogP contribution < -0.4 is 10.5 Å². The zero-order valence-electron chi connectivity index (χ0n) is 16.5. The minimum Gasteiger partial charge on any atom is -0.446 e. The zero-order chi connectivity index (χ0) is 22.5. The molecule has 7 nitrogen and oxygen atoms in total. The van der Waals surface area contributed by atoms with Gasteiger partial charge in [-0.05, 0) is 37.5 Å². The van der Waals surface area contributed by atoms with Crippen molar-refractivity contribution in [3.05, 3.63) is 29.8 Å². The van der Waals surface area contributed by atoms with Gasteiger partial charge in [0, 0.05) is 6.42 Å². The summed E-state index contributed by atoms with van der Waals surface area (Å²) in [5.41, 5.74) is 3.13. The quantitative estimate of drug-likeness (QED) is 0.541. The SMILES string of the molecule is C[C@@H](CC(=N)C(=O)C(c1cccc(OC(F)(F)F)c1)C1(O)CCCCC1)OC(N)=O. The molecule has 1 amide bonds. The first-order valence-corrected chi connectivity index (χ1v) is 9.57. The van der Waals surface area contributed by atoms with Crippen LogP contribution in [0.3, 0.4) is 0 Å². The van der Waals surface area contributed by atoms with Crippen LogP contribution in [-0.4, -0.2) is 40.8 Å². The number of carbonyl (C=O) groups is 2. The molecule has 10 heteroatoms. The molecule has 0 aliphatic heterocycles. The van der Waals surface area contributed by atoms with Crippen molar-refractivity contribution in [2.45, 2.75) is 69.4 Å². The van der Waals surface area contributed by atoms with Gasteiger partial charge in [-0.15, -0.1) is 13.2 Å². The number of carbonyl (C=O) groups excluding carboxylic acids is 2. The van der Waals surface area contributed by atoms with Gasteiger partial charge in [0.15, 0.2) is 5.78 Å². The lowest BCUT2D eigenvalue weighted by Crippen LogP contribution is -2.44. The van der Waals surface area contributed by atoms with Crippen LogP contribution in [0.15, 0.2) is 24.3 Å². The summed E-state index contributed by atoms with van der Waals surface area (Å²) in [5.74, 6) is -2.51. The minimum atomic E-state index is -4.91. The Morgan fingerprint density at radius 2 is 1.90 bits per heavy atom. The van der Waals surface area contributed by atoms with Crippen molar-refractivity contribution >= 4 is 17.6 Å². The first kappa shape index (κ1) is 23.7. The van der Waals surface area contributed by atoms with Crippen LogP contribution in [0.5, 0.6) is 5.75 Å². The molecule has 4 N–H and O–H groups in total. The number of halogens is 3. The van der Waals surface area contributed by atoms with E-state index in [4.69, 9.17) is 15.9 Å². The van der Waals surface area contributed by atoms with Gasteiger partial charge in [0.1, 0.15) is 11.9 Å². The van der Waals surface area contributed by atoms with Gasteiger partial charge in [-0.2, -0.15) is 0 Å². The van der Waals surface area contributed by atoms with Gasteiger partial charge >= 0.3 is 12.5 Å². The van der Waals surface area contributed by atoms with Crippen LogP contribution in [0.4, 0.5) is 18.0 Å². The number of hydrogen-bond donors (Lipinski definition) is 3. The van der Waals surface area contributed by atoms with Crippen LogP contribution in [0.25, 0.3) is 0 Å². The number of aliphatic hydroxyl groups is 1. The first-order valence-electron chi connectivity index (χ1n) is 9.57. The number of hydrogen-bond acceptors (Lipinski definition) is 6. The molecule has 2 atom stereocenters. The van der Waals surface area contributed by atoms with E-state index in [1.807, 2.05) is 0 Å². The van der Waals surface area contributed by atoms with Crippen LogP contribution in [0, 0.1) is 5.41 Å². The minimum absolute atomic E-state index is 0.124. The highest BCUT2D eigenvalue weighted by molar-refractivity contribution is 6.41. The van der Waals surface area contributed by atoms with Gasteiger partial charge in [-0.1, -0.05) is 31.4 Å². The number of nitrogens with one attached hydrogen (secondary N) is 1. The number of nitrogens with two attached hydrogens (primary N) is 1. The molecular formula is C20H25F3N2O5. The Hall–Kier alpha value is -2.62. The predicted octanol–water partition coefficient (Wildman–Crippen LogP) is 3.83. The zero-order valence-corrected chi connectivity index (χ0v) is 16.5. The fourth-order valence-electron chi connectivity index (χ4n) is 3.85. The fraction of sp³-hybridized carbons (Fsp3) is 0.550. The molecule has 1 saturated carbocycles. The van der Waals surface area contributed by atoms with E-state index in [9.17, 15) is 27.9 Å². The van der Waals surface area contributed by atoms with Crippen molar-refractivity contribution in [2.75, 3.05) is 0 Å². The van der Waals surface area contributed by atoms with E-state index in [1.54, 1.807) is 0 Å². The van der Waals surface area contributed by atoms with E-state index in [2.05, 4.69) is 4.74 Å². The summed E-state index contributed by atoms with van der Waals surface area (Å²) in [5, 5.41) is 19.4. The second kappa shape index (κ2) is 9.46. The summed E-state index contributed by atoms with van der Waals surface area (Å²) in [4.78, 5) is 24.0. The molecule has 0 heterocycles. The number of benzene rings is 1. The van der Waals surface area contributed by atoms with E-state index >= 15 is 0 Å². The third kappa shape index (κ3) is 6.45. The smallest absolute Gasteiger partial charge is 0.446 e. The Bertz CT molecular complexity index is 791. The lowest BCUT2D eigenvalue weighted by atomic mass is 9.70. The van der Waals surface area contributed by atoms with Crippen molar-refractivity contribution in [3.63, 3.8) is 0 Å². The summed E-state index contributed by atoms with van der Waals surface area (Å²) < 4.78 is 46.5. The van der Waals surface area contributed by atoms with Crippen molar-refractivity contribution in [3.8, 4) is 5.75 Å². The Morgan fingerprint density at radius 3 is 2.47 bits per heavy atom. The molecule has 2 rings (SSSR count). The van der Waals surface area contributed by atoms with E-state index < -0.39 is 47.3 Å². The number of ketones is 1. The van der Waals surface area contributed by atoms with E-state index in [1.165, 1.54) is 19.1 Å². The summed E-state index contributed by atoms with van der Waals surface area (Å²) in [6.07, 6.45) is -4.35. The third-order valence-electron chi connectivity index (χ3n) is 5.05. The predicted molar refractivity (Wildman–Crippen MR) is 101 cm³/mol. The van der Waals surface area contributed by atoms with E-state index in [0.29, 0.717) is 12.8 Å². The highest BCUT2D eigenvalue weighted by Gasteiger charge is 2.44. The van der Waals surface area contributed by atoms with Crippen molar-refractivity contribution in [2.24, 2.45) is 5.73 Å². The molecule has 1 aliphatic carbocycles. The number of Topliss-reactive ketones (excluding diaryl/α,β-unsaturated/α-hetero) is 1. The van der Waals surface area contributed by atoms with Crippen LogP contribution >= 0.6 is 0 Å². The molecular weight excluding hydrogens is 405 g/mol. The Labute approximate surface area is 171 Å². The lowest BCUT2D eigenvalue weighted by molar-refractivity contribution is -0.274. The summed E-state index contributed by atoms with van der Waals surface area (Å²) in [6.45, 7) is 1.45. The van der Waals surface area contributed by atoms with Gasteiger partial charge in [0.05, 0.1) is 17.2 Å². The van der Waals surface area contributed by atoms with Gasteiger partial charge < -0.3 is 25.7 Å². The van der Waals surface area contributed by atoms with E-state index in [-0.39, 0.29) is 24.8 Å². The average molecular weight is 430 g/mol. The normalized spacial score (nSPS) is 18.2. The maximum atomic E-state index is 13.1. The fourth-order valence-corrected chi connectivity index (χ4v) is 3.85. The standard InChI is InChI=1S/C20H25F3N2O5/c1-12(29-18(25)27)10-15(24)17(26)16(19(28)8-3-2-4-9-19)13-6-5-7-14(11-13)30-20(21,22)23/h5-7,11-12,16,24,28H,2-4,8-10H2,1H3,(H2,25,27)/t12-,16?/m0/s1. The number of ether oxygens (including phenoxy) is 2. The van der Waals surface area contributed by atoms with Crippen molar-refractivity contribution in [1.82, 2.24) is 0 Å². The third-order valence-corrected chi connectivity index (χ3v) is 5.05. The molecule has 0 spiro atoms. The van der Waals surface area contributed by atoms with Crippen LogP contribution in [-0.2, 0) is 9.53 Å². The second-order valence-electron chi connectivity index (χ2n) is 7.51. The molecule has 1 fully saturated rings. The van der Waals surface area contributed by atoms with Crippen molar-refractivity contribution < 1.29 is 37.3 Å². The molecule has 1 aromatic carbocycles. The topological polar surface area (TPSA) is 123 Å². The maximum Gasteiger partial charge on any atom is 0.573 e. The number of amides is 1. The summed E-state index contributed by atoms with van der Waals surface area (Å²) in [7, 11) is 0. The highest BCUT2D eigenvalue weighted by Crippen LogP contribution is 2.42. The number of alkyl halides is 3. The average Bonchev–Trinajstić information content (AvgIpc) is 2.60. The molecule has 1 aromatic rings. The second-order valence-corrected chi connectivity index (χ2v) is 7.51. The maximum absolute atomic E-state index is 13.1. The number of rotatable bonds is 8. The van der Waals surface area contributed by atoms with Crippen molar-refractivity contribution in [1.29, 1.82) is 5.41 Å². The Kier molecular flexibility index (Phi) is 7.46. The summed E-state index contributed by atoms with van der Waals surface area (Å²) in [6, 6.07) is 4.87. The molecule has 166 valence electrons. The van der Waals surface area contributed by atoms with Gasteiger partial charge in [-0.25, -0.2) is 4.79 Å². The van der Waals surface area contributed by atoms with Crippen LogP contribution in [0.2, 0.25) is 0 Å². The molecule has 30 heavy (non-hydrogen) atoms. The molecule has 0 bridgehead atoms. The lowest BCUT2D eigenvalue weighted by Gasteiger charge is -2.39. The molecule has 0 aromatic heterocycles. The number of primary amides is 1. The Morgan fingerprint density at radius 1 is 1.27 bits per heavy atom. The van der Waals surface area contributed by atoms with Gasteiger partial charge in [0.2, 0.25) is 0 Å². The largest absolute Gasteiger partial charge is 0.573 e. The van der Waals surface area contributed by atoms with Crippen LogP contribution in [0.1, 0.15) is 56.9 Å². The molecule has 0 saturated heterocycles. The van der Waals surface area contributed by atoms with Gasteiger partial charge in [0.25, 0.3) is 0 Å².